The Bertz CT molecular complexity index is 704. The lowest BCUT2D eigenvalue weighted by Crippen LogP contribution is -2.08. The first-order chi connectivity index (χ1) is 8.82. The fourth-order valence-corrected chi connectivity index (χ4v) is 2.46. The number of anilines is 1. The Hall–Kier alpha value is -1.82. The lowest BCUT2D eigenvalue weighted by Gasteiger charge is -2.10. The minimum absolute atomic E-state index is 0.208. The van der Waals surface area contributed by atoms with Crippen LogP contribution in [0.4, 0.5) is 5.82 Å². The van der Waals surface area contributed by atoms with E-state index < -0.39 is 15.1 Å². The zero-order chi connectivity index (χ0) is 14.2. The smallest absolute Gasteiger partial charge is 0.175 e. The minimum Gasteiger partial charge on any atom is -0.380 e. The summed E-state index contributed by atoms with van der Waals surface area (Å²) in [7, 11) is -3.28. The maximum Gasteiger partial charge on any atom is 0.175 e. The monoisotopic (exact) mass is 280 g/mol. The third kappa shape index (κ3) is 2.49. The molecule has 0 saturated heterocycles. The normalized spacial score (nSPS) is 13.4. The second-order valence-electron chi connectivity index (χ2n) is 4.59. The van der Waals surface area contributed by atoms with Crippen molar-refractivity contribution < 1.29 is 12.9 Å². The Morgan fingerprint density at radius 3 is 2.53 bits per heavy atom. The number of hydrogen-bond donors (Lipinski definition) is 1. The summed E-state index contributed by atoms with van der Waals surface area (Å²) in [6.45, 7) is 3.49. The van der Waals surface area contributed by atoms with E-state index in [1.807, 2.05) is 31.2 Å². The maximum atomic E-state index is 11.7. The fourth-order valence-electron chi connectivity index (χ4n) is 1.91. The predicted molar refractivity (Wildman–Crippen MR) is 74.3 cm³/mol. The molecule has 1 unspecified atom stereocenters. The van der Waals surface area contributed by atoms with E-state index in [2.05, 4.69) is 5.16 Å². The summed E-state index contributed by atoms with van der Waals surface area (Å²) in [5.41, 5.74) is 8.21. The molecule has 102 valence electrons. The second-order valence-corrected chi connectivity index (χ2v) is 6.96. The average molecular weight is 280 g/mol. The quantitative estimate of drug-likeness (QED) is 0.932. The van der Waals surface area contributed by atoms with E-state index in [4.69, 9.17) is 10.3 Å². The number of hydrogen-bond acceptors (Lipinski definition) is 5. The van der Waals surface area contributed by atoms with Crippen molar-refractivity contribution in [3.8, 4) is 11.1 Å². The van der Waals surface area contributed by atoms with Gasteiger partial charge in [0.05, 0.1) is 5.56 Å². The van der Waals surface area contributed by atoms with E-state index in [1.165, 1.54) is 0 Å². The molecule has 2 rings (SSSR count). The highest BCUT2D eigenvalue weighted by molar-refractivity contribution is 7.90. The molecule has 0 amide bonds. The topological polar surface area (TPSA) is 86.2 Å². The molecule has 1 aromatic heterocycles. The number of benzene rings is 1. The summed E-state index contributed by atoms with van der Waals surface area (Å²) < 4.78 is 28.5. The van der Waals surface area contributed by atoms with Crippen LogP contribution in [0.2, 0.25) is 0 Å². The maximum absolute atomic E-state index is 11.7. The third-order valence-corrected chi connectivity index (χ3v) is 4.67. The summed E-state index contributed by atoms with van der Waals surface area (Å²) in [5.74, 6) is 0.495. The molecule has 0 aliphatic carbocycles. The van der Waals surface area contributed by atoms with Crippen molar-refractivity contribution in [3.05, 3.63) is 35.6 Å². The van der Waals surface area contributed by atoms with E-state index in [0.717, 1.165) is 17.4 Å². The van der Waals surface area contributed by atoms with Crippen LogP contribution < -0.4 is 5.73 Å². The van der Waals surface area contributed by atoms with Crippen molar-refractivity contribution >= 4 is 15.7 Å². The fraction of sp³-hybridized carbons (Fsp3) is 0.308. The van der Waals surface area contributed by atoms with Crippen LogP contribution in [0, 0.1) is 6.92 Å². The van der Waals surface area contributed by atoms with Crippen molar-refractivity contribution in [1.29, 1.82) is 0 Å². The van der Waals surface area contributed by atoms with Gasteiger partial charge < -0.3 is 10.3 Å². The van der Waals surface area contributed by atoms with Gasteiger partial charge in [0.2, 0.25) is 0 Å². The standard InChI is InChI=1S/C13H16N2O3S/c1-8-6-4-5-7-10(8)11-12(18-15-13(11)14)9(2)19(3,16)17/h4-7,9H,1-3H3,(H2,14,15). The number of nitrogens with zero attached hydrogens (tertiary/aromatic N) is 1. The largest absolute Gasteiger partial charge is 0.380 e. The molecule has 0 spiro atoms. The van der Waals surface area contributed by atoms with Gasteiger partial charge in [0, 0.05) is 6.26 Å². The molecule has 2 aromatic rings. The van der Waals surface area contributed by atoms with Crippen LogP contribution in [0.15, 0.2) is 28.8 Å². The molecular weight excluding hydrogens is 264 g/mol. The zero-order valence-electron chi connectivity index (χ0n) is 11.0. The summed E-state index contributed by atoms with van der Waals surface area (Å²) >= 11 is 0. The highest BCUT2D eigenvalue weighted by Crippen LogP contribution is 2.37. The Kier molecular flexibility index (Phi) is 3.36. The molecule has 6 heteroatoms. The Balaban J connectivity index is 2.66. The van der Waals surface area contributed by atoms with E-state index in [0.29, 0.717) is 5.56 Å². The molecule has 0 saturated carbocycles. The lowest BCUT2D eigenvalue weighted by atomic mass is 10.00. The number of aromatic nitrogens is 1. The van der Waals surface area contributed by atoms with Crippen molar-refractivity contribution in [2.75, 3.05) is 12.0 Å². The van der Waals surface area contributed by atoms with Crippen molar-refractivity contribution in [2.24, 2.45) is 0 Å². The molecule has 2 N–H and O–H groups in total. The van der Waals surface area contributed by atoms with E-state index in [1.54, 1.807) is 6.92 Å². The molecule has 19 heavy (non-hydrogen) atoms. The molecule has 1 heterocycles. The molecule has 0 fully saturated rings. The van der Waals surface area contributed by atoms with Gasteiger partial charge in [0.1, 0.15) is 5.25 Å². The third-order valence-electron chi connectivity index (χ3n) is 3.17. The van der Waals surface area contributed by atoms with E-state index in [9.17, 15) is 8.42 Å². The highest BCUT2D eigenvalue weighted by Gasteiger charge is 2.28. The van der Waals surface area contributed by atoms with Crippen LogP contribution in [-0.2, 0) is 9.84 Å². The summed E-state index contributed by atoms with van der Waals surface area (Å²) in [4.78, 5) is 0. The van der Waals surface area contributed by atoms with E-state index in [-0.39, 0.29) is 11.6 Å². The van der Waals surface area contributed by atoms with Gasteiger partial charge in [-0.25, -0.2) is 8.42 Å². The number of sulfone groups is 1. The molecular formula is C13H16N2O3S. The van der Waals surface area contributed by atoms with Gasteiger partial charge in [-0.15, -0.1) is 0 Å². The van der Waals surface area contributed by atoms with Gasteiger partial charge in [-0.1, -0.05) is 29.4 Å². The molecule has 1 aromatic carbocycles. The molecule has 1 atom stereocenters. The first-order valence-electron chi connectivity index (χ1n) is 5.82. The first kappa shape index (κ1) is 13.6. The van der Waals surface area contributed by atoms with Gasteiger partial charge in [0.15, 0.2) is 21.4 Å². The van der Waals surface area contributed by atoms with Gasteiger partial charge >= 0.3 is 0 Å². The SMILES string of the molecule is Cc1ccccc1-c1c(N)noc1C(C)S(C)(=O)=O. The zero-order valence-corrected chi connectivity index (χ0v) is 11.9. The van der Waals surface area contributed by atoms with Crippen LogP contribution in [0.1, 0.15) is 23.5 Å². The van der Waals surface area contributed by atoms with Crippen LogP contribution in [0.25, 0.3) is 11.1 Å². The predicted octanol–water partition coefficient (Wildman–Crippen LogP) is 2.34. The van der Waals surface area contributed by atoms with Gasteiger partial charge in [-0.2, -0.15) is 0 Å². The highest BCUT2D eigenvalue weighted by atomic mass is 32.2. The molecule has 5 nitrogen and oxygen atoms in total. The van der Waals surface area contributed by atoms with Gasteiger partial charge in [-0.05, 0) is 25.0 Å². The molecule has 0 aliphatic rings. The average Bonchev–Trinajstić information content (AvgIpc) is 2.69. The number of nitrogens with two attached hydrogens (primary N) is 1. The van der Waals surface area contributed by atoms with Crippen LogP contribution in [0.3, 0.4) is 0 Å². The number of rotatable bonds is 3. The second kappa shape index (κ2) is 4.70. The molecule has 0 bridgehead atoms. The molecule has 0 radical (unpaired) electrons. The van der Waals surface area contributed by atoms with Gasteiger partial charge in [-0.3, -0.25) is 0 Å². The summed E-state index contributed by atoms with van der Waals surface area (Å²) in [6, 6.07) is 7.57. The molecule has 0 aliphatic heterocycles. The van der Waals surface area contributed by atoms with Crippen molar-refractivity contribution in [3.63, 3.8) is 0 Å². The minimum atomic E-state index is -3.28. The van der Waals surface area contributed by atoms with Crippen LogP contribution >= 0.6 is 0 Å². The number of aryl methyl sites for hydroxylation is 1. The summed E-state index contributed by atoms with van der Waals surface area (Å²) in [5, 5.41) is 2.92. The Morgan fingerprint density at radius 2 is 1.95 bits per heavy atom. The van der Waals surface area contributed by atoms with E-state index >= 15 is 0 Å². The van der Waals surface area contributed by atoms with Crippen molar-refractivity contribution in [2.45, 2.75) is 19.1 Å². The Labute approximate surface area is 112 Å². The first-order valence-corrected chi connectivity index (χ1v) is 7.77. The van der Waals surface area contributed by atoms with Crippen molar-refractivity contribution in [1.82, 2.24) is 5.16 Å². The van der Waals surface area contributed by atoms with Crippen LogP contribution in [0.5, 0.6) is 0 Å². The lowest BCUT2D eigenvalue weighted by molar-refractivity contribution is 0.385. The Morgan fingerprint density at radius 1 is 1.32 bits per heavy atom. The summed E-state index contributed by atoms with van der Waals surface area (Å²) in [6.07, 6.45) is 1.16. The van der Waals surface area contributed by atoms with Gasteiger partial charge in [0.25, 0.3) is 0 Å². The number of nitrogen functional groups attached to an aromatic ring is 1. The van der Waals surface area contributed by atoms with Crippen LogP contribution in [-0.4, -0.2) is 19.8 Å².